The summed E-state index contributed by atoms with van der Waals surface area (Å²) in [6.07, 6.45) is 0. The Kier molecular flexibility index (Phi) is 16.3. The van der Waals surface area contributed by atoms with Gasteiger partial charge in [0.25, 0.3) is 6.71 Å². The summed E-state index contributed by atoms with van der Waals surface area (Å²) in [5.74, 6) is 0. The zero-order chi connectivity index (χ0) is 83.8. The van der Waals surface area contributed by atoms with Crippen molar-refractivity contribution in [2.24, 2.45) is 0 Å². The first kappa shape index (κ1) is 74.1. The molecule has 0 amide bonds. The molecule has 0 unspecified atom stereocenters. The van der Waals surface area contributed by atoms with E-state index >= 15 is 0 Å². The van der Waals surface area contributed by atoms with Crippen LogP contribution in [0.4, 0.5) is 102 Å². The number of para-hydroxylation sites is 8. The van der Waals surface area contributed by atoms with E-state index in [9.17, 15) is 0 Å². The monoisotopic (exact) mass is 1640 g/mol. The predicted octanol–water partition coefficient (Wildman–Crippen LogP) is 25.4. The van der Waals surface area contributed by atoms with Crippen LogP contribution < -0.4 is 78.6 Å². The summed E-state index contributed by atoms with van der Waals surface area (Å²) in [6.45, 7) is 20.9. The van der Waals surface area contributed by atoms with Gasteiger partial charge >= 0.3 is 0 Å². The second-order valence-electron chi connectivity index (χ2n) is 37.8. The summed E-state index contributed by atoms with van der Waals surface area (Å²) in [5, 5.41) is 0. The van der Waals surface area contributed by atoms with Crippen LogP contribution in [-0.2, 0) is 16.2 Å². The summed E-state index contributed by atoms with van der Waals surface area (Å²) in [6, 6.07) is 140. The van der Waals surface area contributed by atoms with Gasteiger partial charge in [0.05, 0.1) is 56.9 Å². The number of rotatable bonds is 8. The molecule has 11 heteroatoms. The molecule has 0 N–H and O–H groups in total. The topological polar surface area (TPSA) is 19.4 Å². The van der Waals surface area contributed by atoms with E-state index in [2.05, 4.69) is 456 Å². The molecule has 0 fully saturated rings. The highest BCUT2D eigenvalue weighted by Crippen LogP contribution is 2.63. The third-order valence-electron chi connectivity index (χ3n) is 27.5. The van der Waals surface area contributed by atoms with Gasteiger partial charge < -0.3 is 29.4 Å². The lowest BCUT2D eigenvalue weighted by atomic mass is 9.29. The summed E-state index contributed by atoms with van der Waals surface area (Å²) in [5.41, 5.74) is 44.7. The Balaban J connectivity index is 0.908. The molecule has 8 aliphatic rings. The third-order valence-corrected chi connectivity index (χ3v) is 30.0. The Labute approximate surface area is 742 Å². The fraction of sp³-hybridized carbons (Fsp3) is 0.105. The smallest absolute Gasteiger partial charge is 0.255 e. The average molecular weight is 1640 g/mol. The molecule has 6 nitrogen and oxygen atoms in total. The van der Waals surface area contributed by atoms with E-state index in [0.717, 1.165) is 102 Å². The van der Waals surface area contributed by atoms with Crippen molar-refractivity contribution in [2.75, 3.05) is 29.4 Å². The maximum atomic E-state index is 2.86. The van der Waals surface area contributed by atoms with E-state index in [1.165, 1.54) is 130 Å². The Hall–Kier alpha value is -13.6. The van der Waals surface area contributed by atoms with Gasteiger partial charge in [-0.2, -0.15) is 0 Å². The molecular formula is C114H87B3N6S2. The van der Waals surface area contributed by atoms with Crippen LogP contribution in [0.5, 0.6) is 0 Å². The maximum Gasteiger partial charge on any atom is 0.255 e. The minimum atomic E-state index is -0.409. The normalized spacial score (nSPS) is 14.2. The lowest BCUT2D eigenvalue weighted by molar-refractivity contribution is 0.590. The molecule has 0 saturated heterocycles. The summed E-state index contributed by atoms with van der Waals surface area (Å²) in [7, 11) is 0. The Morgan fingerprint density at radius 1 is 0.200 bits per heavy atom. The van der Waals surface area contributed by atoms with Crippen LogP contribution in [0.2, 0.25) is 0 Å². The van der Waals surface area contributed by atoms with Crippen molar-refractivity contribution in [1.82, 2.24) is 0 Å². The minimum Gasteiger partial charge on any atom is -0.310 e. The molecular weight excluding hydrogens is 1550 g/mol. The molecule has 0 aliphatic carbocycles. The van der Waals surface area contributed by atoms with Crippen molar-refractivity contribution in [3.63, 3.8) is 0 Å². The molecule has 0 aromatic heterocycles. The Bertz CT molecular complexity index is 6860. The first-order chi connectivity index (χ1) is 61.0. The lowest BCUT2D eigenvalue weighted by Crippen LogP contribution is -2.68. The number of fused-ring (bicyclic) bond motifs is 18. The van der Waals surface area contributed by atoms with Crippen LogP contribution in [0.1, 0.15) is 79.0 Å². The zero-order valence-corrected chi connectivity index (χ0v) is 73.0. The Morgan fingerprint density at radius 2 is 0.456 bits per heavy atom. The lowest BCUT2D eigenvalue weighted by Gasteiger charge is -2.52. The van der Waals surface area contributed by atoms with Crippen LogP contribution in [0, 0.1) is 0 Å². The van der Waals surface area contributed by atoms with Gasteiger partial charge in [-0.25, -0.2) is 0 Å². The molecule has 17 aromatic rings. The Morgan fingerprint density at radius 3 is 0.792 bits per heavy atom. The van der Waals surface area contributed by atoms with Gasteiger partial charge in [-0.3, -0.25) is 0 Å². The van der Waals surface area contributed by atoms with Crippen molar-refractivity contribution < 1.29 is 0 Å². The molecule has 0 bridgehead atoms. The van der Waals surface area contributed by atoms with Crippen LogP contribution in [-0.4, -0.2) is 20.1 Å². The van der Waals surface area contributed by atoms with E-state index in [1.807, 2.05) is 23.5 Å². The molecule has 0 radical (unpaired) electrons. The number of anilines is 18. The fourth-order valence-electron chi connectivity index (χ4n) is 21.9. The molecule has 8 aliphatic heterocycles. The van der Waals surface area contributed by atoms with Crippen molar-refractivity contribution in [1.29, 1.82) is 0 Å². The molecule has 8 heterocycles. The van der Waals surface area contributed by atoms with E-state index in [1.54, 1.807) is 0 Å². The number of benzene rings is 17. The second kappa shape index (κ2) is 27.5. The van der Waals surface area contributed by atoms with Crippen LogP contribution in [0.25, 0.3) is 44.5 Å². The highest BCUT2D eigenvalue weighted by atomic mass is 32.2. The molecule has 0 atom stereocenters. The predicted molar refractivity (Wildman–Crippen MR) is 535 cm³/mol. The number of hydrogen-bond donors (Lipinski definition) is 0. The molecule has 0 saturated carbocycles. The van der Waals surface area contributed by atoms with Gasteiger partial charge in [0.15, 0.2) is 0 Å². The second-order valence-corrected chi connectivity index (χ2v) is 39.9. The van der Waals surface area contributed by atoms with E-state index in [-0.39, 0.29) is 24.3 Å². The largest absolute Gasteiger partial charge is 0.310 e. The van der Waals surface area contributed by atoms with Crippen molar-refractivity contribution in [2.45, 2.75) is 98.1 Å². The average Bonchev–Trinajstić information content (AvgIpc) is 0.659. The SMILES string of the molecule is CC(C)(C)c1cc(-c2ccccc2)c(N2c3cc(C(C)(C)C)cc4c3B(c3c2cc2c5c3Sc3ccccc3B5c3cccc5c3N2c2ccccc2N5c2ccccc2)c2c(cc3c5c2Sc2ccccc2B5c2cccc5c2N3c2ccccc2N5c2ccccc2)N4c2c(-c3ccccc3)cc(C(C)(C)C)cc2-c2ccccc2)c(-c2ccccc2)c1. The summed E-state index contributed by atoms with van der Waals surface area (Å²) in [4.78, 5) is 21.3. The number of nitrogens with zero attached hydrogens (tertiary/aromatic N) is 6. The number of hydrogen-bond acceptors (Lipinski definition) is 8. The van der Waals surface area contributed by atoms with Crippen molar-refractivity contribution >= 4 is 195 Å². The maximum absolute atomic E-state index is 2.86. The van der Waals surface area contributed by atoms with Gasteiger partial charge in [-0.05, 0) is 215 Å². The quantitative estimate of drug-likeness (QED) is 0.138. The minimum absolute atomic E-state index is 0.171. The van der Waals surface area contributed by atoms with Gasteiger partial charge in [-0.1, -0.05) is 339 Å². The van der Waals surface area contributed by atoms with E-state index in [4.69, 9.17) is 0 Å². The highest BCUT2D eigenvalue weighted by molar-refractivity contribution is 8.00. The van der Waals surface area contributed by atoms with E-state index < -0.39 is 12.1 Å². The highest BCUT2D eigenvalue weighted by Gasteiger charge is 2.56. The van der Waals surface area contributed by atoms with Crippen molar-refractivity contribution in [3.05, 3.63) is 381 Å². The third kappa shape index (κ3) is 10.9. The molecule has 125 heavy (non-hydrogen) atoms. The summed E-state index contributed by atoms with van der Waals surface area (Å²) >= 11 is 4.01. The van der Waals surface area contributed by atoms with Gasteiger partial charge in [-0.15, -0.1) is 0 Å². The van der Waals surface area contributed by atoms with Crippen LogP contribution in [0.15, 0.2) is 384 Å². The van der Waals surface area contributed by atoms with Crippen molar-refractivity contribution in [3.8, 4) is 44.5 Å². The van der Waals surface area contributed by atoms with Gasteiger partial charge in [0, 0.05) is 87.3 Å². The first-order valence-electron chi connectivity index (χ1n) is 44.1. The zero-order valence-electron chi connectivity index (χ0n) is 71.4. The molecule has 17 aromatic carbocycles. The van der Waals surface area contributed by atoms with Crippen LogP contribution >= 0.6 is 23.5 Å². The van der Waals surface area contributed by atoms with Crippen LogP contribution in [0.3, 0.4) is 0 Å². The fourth-order valence-corrected chi connectivity index (χ4v) is 24.5. The van der Waals surface area contributed by atoms with E-state index in [0.29, 0.717) is 0 Å². The summed E-state index contributed by atoms with van der Waals surface area (Å²) < 4.78 is 0. The first-order valence-corrected chi connectivity index (χ1v) is 45.7. The molecule has 25 rings (SSSR count). The molecule has 0 spiro atoms. The molecule has 594 valence electrons. The standard InChI is InChI=1S/C114H87B3N6S2/c1-112(2,3)74-62-79(70-38-16-10-17-39-70)106(80(63-74)71-40-18-11-19-41-71)122-93-66-76(114(7,8)9)67-94-101(93)117(104-97(122)68-95-102-110(104)124-99-60-34-28-50-83(99)115(102)85-52-36-58-91-108(85)120(95)89-56-32-30-54-87(89)118(91)77-46-24-14-25-47-77)105-98(123(94)107-81(72-42-20-12-21-43-72)64-75(113(4,5)6)65-82(107)73-44-22-13-23-45-73)69-96-103-111(105)125-100-61-35-29-51-84(100)116(103)86-53-37-59-92-109(86)121(96)90-57-33-31-55-88(90)119(92)78-48-26-15-27-49-78/h10-69H,1-9H3. The van der Waals surface area contributed by atoms with Gasteiger partial charge in [0.1, 0.15) is 0 Å². The van der Waals surface area contributed by atoms with Gasteiger partial charge in [0.2, 0.25) is 13.4 Å².